The molecule has 0 aliphatic carbocycles. The fraction of sp³-hybridized carbons (Fsp3) is 0.250. The molecule has 0 radical (unpaired) electrons. The minimum atomic E-state index is 0.833. The summed E-state index contributed by atoms with van der Waals surface area (Å²) in [6.45, 7) is 3.07. The van der Waals surface area contributed by atoms with Crippen LogP contribution in [-0.4, -0.2) is 14.5 Å². The Bertz CT molecular complexity index is 771. The van der Waals surface area contributed by atoms with Gasteiger partial charge in [-0.2, -0.15) is 0 Å². The van der Waals surface area contributed by atoms with E-state index in [9.17, 15) is 0 Å². The molecule has 0 N–H and O–H groups in total. The lowest BCUT2D eigenvalue weighted by atomic mass is 10.1. The predicted octanol–water partition coefficient (Wildman–Crippen LogP) is 3.35. The van der Waals surface area contributed by atoms with Crippen LogP contribution < -0.4 is 0 Å². The van der Waals surface area contributed by atoms with Crippen LogP contribution in [-0.2, 0) is 13.0 Å². The van der Waals surface area contributed by atoms with Crippen molar-refractivity contribution in [3.63, 3.8) is 0 Å². The first kappa shape index (κ1) is 10.7. The first-order chi connectivity index (χ1) is 9.34. The number of para-hydroxylation sites is 1. The van der Waals surface area contributed by atoms with Gasteiger partial charge in [-0.25, -0.2) is 9.97 Å². The first-order valence-electron chi connectivity index (χ1n) is 6.75. The van der Waals surface area contributed by atoms with Gasteiger partial charge < -0.3 is 4.57 Å². The zero-order chi connectivity index (χ0) is 12.8. The van der Waals surface area contributed by atoms with Gasteiger partial charge in [-0.15, -0.1) is 0 Å². The Morgan fingerprint density at radius 2 is 2.05 bits per heavy atom. The van der Waals surface area contributed by atoms with E-state index in [1.54, 1.807) is 0 Å². The van der Waals surface area contributed by atoms with E-state index in [4.69, 9.17) is 0 Å². The Hall–Kier alpha value is -2.16. The number of rotatable bonds is 1. The van der Waals surface area contributed by atoms with E-state index in [0.29, 0.717) is 0 Å². The van der Waals surface area contributed by atoms with Gasteiger partial charge in [-0.1, -0.05) is 18.2 Å². The van der Waals surface area contributed by atoms with Crippen molar-refractivity contribution in [2.45, 2.75) is 26.3 Å². The van der Waals surface area contributed by atoms with Gasteiger partial charge >= 0.3 is 0 Å². The highest BCUT2D eigenvalue weighted by atomic mass is 15.0. The Morgan fingerprint density at radius 3 is 2.95 bits per heavy atom. The summed E-state index contributed by atoms with van der Waals surface area (Å²) in [6, 6.07) is 10.7. The molecule has 19 heavy (non-hydrogen) atoms. The maximum absolute atomic E-state index is 4.62. The summed E-state index contributed by atoms with van der Waals surface area (Å²) in [5.41, 5.74) is 5.12. The van der Waals surface area contributed by atoms with Crippen LogP contribution in [0.25, 0.3) is 22.2 Å². The average Bonchev–Trinajstić information content (AvgIpc) is 2.98. The number of aromatic nitrogens is 3. The molecule has 0 saturated carbocycles. The van der Waals surface area contributed by atoms with E-state index in [1.165, 1.54) is 28.6 Å². The van der Waals surface area contributed by atoms with Gasteiger partial charge in [0.1, 0.15) is 5.82 Å². The average molecular weight is 249 g/mol. The fourth-order valence-electron chi connectivity index (χ4n) is 3.16. The number of nitrogens with zero attached hydrogens (tertiary/aromatic N) is 3. The monoisotopic (exact) mass is 249 g/mol. The molecular formula is C16H15N3. The minimum absolute atomic E-state index is 0.833. The Morgan fingerprint density at radius 1 is 1.16 bits per heavy atom. The van der Waals surface area contributed by atoms with Gasteiger partial charge in [0.25, 0.3) is 0 Å². The topological polar surface area (TPSA) is 30.7 Å². The van der Waals surface area contributed by atoms with Crippen LogP contribution in [0.5, 0.6) is 0 Å². The van der Waals surface area contributed by atoms with E-state index in [1.807, 2.05) is 19.2 Å². The third-order valence-electron chi connectivity index (χ3n) is 3.91. The zero-order valence-corrected chi connectivity index (χ0v) is 10.9. The lowest BCUT2D eigenvalue weighted by molar-refractivity contribution is 0.772. The van der Waals surface area contributed by atoms with Gasteiger partial charge in [-0.3, -0.25) is 0 Å². The van der Waals surface area contributed by atoms with Gasteiger partial charge in [0.05, 0.1) is 5.69 Å². The third kappa shape index (κ3) is 1.51. The van der Waals surface area contributed by atoms with Crippen LogP contribution in [0.4, 0.5) is 0 Å². The molecular weight excluding hydrogens is 234 g/mol. The highest BCUT2D eigenvalue weighted by molar-refractivity contribution is 5.97. The van der Waals surface area contributed by atoms with E-state index < -0.39 is 0 Å². The van der Waals surface area contributed by atoms with Crippen LogP contribution in [0.2, 0.25) is 0 Å². The van der Waals surface area contributed by atoms with Crippen LogP contribution in [0.15, 0.2) is 36.5 Å². The molecule has 3 heteroatoms. The van der Waals surface area contributed by atoms with E-state index in [2.05, 4.69) is 38.8 Å². The van der Waals surface area contributed by atoms with Gasteiger partial charge in [0, 0.05) is 34.9 Å². The van der Waals surface area contributed by atoms with Gasteiger partial charge in [0.2, 0.25) is 0 Å². The second kappa shape index (κ2) is 3.92. The molecule has 3 heterocycles. The number of aryl methyl sites for hydroxylation is 2. The second-order valence-electron chi connectivity index (χ2n) is 5.08. The van der Waals surface area contributed by atoms with Gasteiger partial charge in [0.15, 0.2) is 0 Å². The van der Waals surface area contributed by atoms with Crippen molar-refractivity contribution < 1.29 is 0 Å². The molecule has 1 aromatic carbocycles. The summed E-state index contributed by atoms with van der Waals surface area (Å²) >= 11 is 0. The molecule has 4 rings (SSSR count). The molecule has 94 valence electrons. The third-order valence-corrected chi connectivity index (χ3v) is 3.91. The molecule has 0 atom stereocenters. The summed E-state index contributed by atoms with van der Waals surface area (Å²) < 4.78 is 2.45. The van der Waals surface area contributed by atoms with Crippen LogP contribution >= 0.6 is 0 Å². The first-order valence-corrected chi connectivity index (χ1v) is 6.75. The van der Waals surface area contributed by atoms with Crippen molar-refractivity contribution in [1.82, 2.24) is 14.5 Å². The largest absolute Gasteiger partial charge is 0.344 e. The molecule has 3 aromatic rings. The van der Waals surface area contributed by atoms with E-state index >= 15 is 0 Å². The van der Waals surface area contributed by atoms with Crippen LogP contribution in [0.1, 0.15) is 17.9 Å². The Labute approximate surface area is 111 Å². The fourth-order valence-corrected chi connectivity index (χ4v) is 3.16. The maximum Gasteiger partial charge on any atom is 0.125 e. The van der Waals surface area contributed by atoms with Crippen LogP contribution in [0, 0.1) is 6.92 Å². The molecule has 0 fully saturated rings. The highest BCUT2D eigenvalue weighted by Crippen LogP contribution is 2.37. The van der Waals surface area contributed by atoms with Crippen molar-refractivity contribution in [2.24, 2.45) is 0 Å². The summed E-state index contributed by atoms with van der Waals surface area (Å²) in [4.78, 5) is 8.82. The van der Waals surface area contributed by atoms with Crippen molar-refractivity contribution in [3.05, 3.63) is 48.0 Å². The summed E-state index contributed by atoms with van der Waals surface area (Å²) in [7, 11) is 0. The number of benzene rings is 1. The van der Waals surface area contributed by atoms with E-state index in [0.717, 1.165) is 24.5 Å². The number of hydrogen-bond donors (Lipinski definition) is 0. The molecule has 0 saturated heterocycles. The molecule has 0 spiro atoms. The SMILES string of the molecule is Cc1nccc(-c2c3n(c4ccccc24)CCC3)n1. The lowest BCUT2D eigenvalue weighted by Gasteiger charge is -2.03. The quantitative estimate of drug-likeness (QED) is 0.662. The van der Waals surface area contributed by atoms with Crippen molar-refractivity contribution in [1.29, 1.82) is 0 Å². The van der Waals surface area contributed by atoms with E-state index in [-0.39, 0.29) is 0 Å². The van der Waals surface area contributed by atoms with Crippen molar-refractivity contribution >= 4 is 10.9 Å². The Balaban J connectivity index is 2.09. The molecule has 2 aromatic heterocycles. The summed E-state index contributed by atoms with van der Waals surface area (Å²) in [5.74, 6) is 0.833. The minimum Gasteiger partial charge on any atom is -0.344 e. The van der Waals surface area contributed by atoms with Crippen molar-refractivity contribution in [3.8, 4) is 11.3 Å². The highest BCUT2D eigenvalue weighted by Gasteiger charge is 2.22. The van der Waals surface area contributed by atoms with Crippen molar-refractivity contribution in [2.75, 3.05) is 0 Å². The number of hydrogen-bond acceptors (Lipinski definition) is 2. The predicted molar refractivity (Wildman–Crippen MR) is 76.0 cm³/mol. The lowest BCUT2D eigenvalue weighted by Crippen LogP contribution is -1.93. The molecule has 1 aliphatic heterocycles. The molecule has 3 nitrogen and oxygen atoms in total. The normalized spacial score (nSPS) is 13.9. The smallest absolute Gasteiger partial charge is 0.125 e. The standard InChI is InChI=1S/C16H15N3/c1-11-17-9-8-13(18-11)16-12-5-2-3-6-14(12)19-10-4-7-15(16)19/h2-3,5-6,8-9H,4,7,10H2,1H3. The second-order valence-corrected chi connectivity index (χ2v) is 5.08. The maximum atomic E-state index is 4.62. The molecule has 0 unspecified atom stereocenters. The van der Waals surface area contributed by atoms with Gasteiger partial charge in [-0.05, 0) is 31.9 Å². The summed E-state index contributed by atoms with van der Waals surface area (Å²) in [5, 5.41) is 1.32. The van der Waals surface area contributed by atoms with Crippen LogP contribution in [0.3, 0.4) is 0 Å². The molecule has 1 aliphatic rings. The molecule has 0 bridgehead atoms. The Kier molecular flexibility index (Phi) is 2.21. The number of fused-ring (bicyclic) bond motifs is 3. The molecule has 0 amide bonds. The summed E-state index contributed by atoms with van der Waals surface area (Å²) in [6.07, 6.45) is 4.23. The zero-order valence-electron chi connectivity index (χ0n) is 10.9.